The molecule has 2 bridgehead atoms. The number of rotatable bonds is 2. The van der Waals surface area contributed by atoms with Crippen LogP contribution in [0.3, 0.4) is 0 Å². The number of nitrogens with one attached hydrogen (secondary N) is 2. The predicted molar refractivity (Wildman–Crippen MR) is 77.3 cm³/mol. The lowest BCUT2D eigenvalue weighted by Crippen LogP contribution is -2.62. The van der Waals surface area contributed by atoms with E-state index in [4.69, 9.17) is 0 Å². The summed E-state index contributed by atoms with van der Waals surface area (Å²) in [4.78, 5) is 0. The van der Waals surface area contributed by atoms with Gasteiger partial charge in [0.15, 0.2) is 0 Å². The summed E-state index contributed by atoms with van der Waals surface area (Å²) >= 11 is 0. The van der Waals surface area contributed by atoms with E-state index in [1.165, 1.54) is 37.8 Å². The highest BCUT2D eigenvalue weighted by molar-refractivity contribution is 5.58. The molecule has 0 amide bonds. The van der Waals surface area contributed by atoms with Crippen molar-refractivity contribution in [3.8, 4) is 0 Å². The van der Waals surface area contributed by atoms with Gasteiger partial charge in [0.1, 0.15) is 0 Å². The van der Waals surface area contributed by atoms with E-state index in [0.717, 1.165) is 24.9 Å². The Morgan fingerprint density at radius 3 is 2.63 bits per heavy atom. The molecule has 6 rings (SSSR count). The van der Waals surface area contributed by atoms with Gasteiger partial charge in [-0.2, -0.15) is 0 Å². The topological polar surface area (TPSA) is 24.1 Å². The first-order valence-electron chi connectivity index (χ1n) is 7.93. The van der Waals surface area contributed by atoms with Gasteiger partial charge in [0.2, 0.25) is 0 Å². The van der Waals surface area contributed by atoms with E-state index < -0.39 is 0 Å². The van der Waals surface area contributed by atoms with Crippen molar-refractivity contribution in [1.29, 1.82) is 0 Å². The fourth-order valence-electron chi connectivity index (χ4n) is 4.64. The molecular formula is C17H22N2. The average molecular weight is 254 g/mol. The average Bonchev–Trinajstić information content (AvgIpc) is 3.10. The molecule has 1 heterocycles. The van der Waals surface area contributed by atoms with E-state index in [2.05, 4.69) is 28.8 Å². The summed E-state index contributed by atoms with van der Waals surface area (Å²) in [6, 6.07) is 7.56. The minimum Gasteiger partial charge on any atom is -0.380 e. The van der Waals surface area contributed by atoms with E-state index in [1.807, 2.05) is 0 Å². The summed E-state index contributed by atoms with van der Waals surface area (Å²) in [6.07, 6.45) is 7.22. The van der Waals surface area contributed by atoms with Gasteiger partial charge < -0.3 is 10.6 Å². The molecule has 2 heteroatoms. The first-order chi connectivity index (χ1) is 9.34. The van der Waals surface area contributed by atoms with Crippen LogP contribution in [0, 0.1) is 11.3 Å². The normalized spacial score (nSPS) is 39.4. The van der Waals surface area contributed by atoms with Crippen molar-refractivity contribution in [1.82, 2.24) is 5.32 Å². The molecule has 1 aromatic carbocycles. The summed E-state index contributed by atoms with van der Waals surface area (Å²) in [7, 11) is 0. The Labute approximate surface area is 115 Å². The zero-order chi connectivity index (χ0) is 12.4. The molecule has 100 valence electrons. The van der Waals surface area contributed by atoms with Gasteiger partial charge in [-0.15, -0.1) is 0 Å². The minimum atomic E-state index is 0.648. The molecule has 0 radical (unpaired) electrons. The van der Waals surface area contributed by atoms with E-state index in [1.54, 1.807) is 11.1 Å². The van der Waals surface area contributed by atoms with Crippen LogP contribution in [-0.2, 0) is 6.54 Å². The van der Waals surface area contributed by atoms with E-state index >= 15 is 0 Å². The van der Waals surface area contributed by atoms with Crippen LogP contribution in [0.25, 0.3) is 0 Å². The molecular weight excluding hydrogens is 232 g/mol. The number of anilines is 1. The molecule has 0 spiro atoms. The highest BCUT2D eigenvalue weighted by atomic mass is 15.1. The Hall–Kier alpha value is -1.02. The van der Waals surface area contributed by atoms with Gasteiger partial charge in [0.25, 0.3) is 0 Å². The lowest BCUT2D eigenvalue weighted by molar-refractivity contribution is -0.118. The highest BCUT2D eigenvalue weighted by Crippen LogP contribution is 2.66. The van der Waals surface area contributed by atoms with Gasteiger partial charge in [0.05, 0.1) is 0 Å². The Bertz CT molecular complexity index is 515. The monoisotopic (exact) mass is 254 g/mol. The van der Waals surface area contributed by atoms with Crippen LogP contribution >= 0.6 is 0 Å². The smallest absolute Gasteiger partial charge is 0.0442 e. The molecule has 4 saturated carbocycles. The SMILES string of the molecule is c1cc2c(c(C3CC3)c1)CNCC(C13CC(C1)C3)N2. The maximum atomic E-state index is 3.90. The van der Waals surface area contributed by atoms with Crippen molar-refractivity contribution in [2.45, 2.75) is 50.6 Å². The van der Waals surface area contributed by atoms with Crippen LogP contribution in [0.4, 0.5) is 5.69 Å². The molecule has 1 aromatic rings. The van der Waals surface area contributed by atoms with Gasteiger partial charge in [-0.1, -0.05) is 12.1 Å². The van der Waals surface area contributed by atoms with Gasteiger partial charge in [-0.3, -0.25) is 0 Å². The number of hydrogen-bond acceptors (Lipinski definition) is 2. The van der Waals surface area contributed by atoms with Crippen molar-refractivity contribution >= 4 is 5.69 Å². The van der Waals surface area contributed by atoms with E-state index in [9.17, 15) is 0 Å². The Morgan fingerprint density at radius 2 is 1.95 bits per heavy atom. The van der Waals surface area contributed by atoms with Crippen LogP contribution in [0.5, 0.6) is 0 Å². The van der Waals surface area contributed by atoms with Crippen molar-refractivity contribution < 1.29 is 0 Å². The quantitative estimate of drug-likeness (QED) is 0.846. The first kappa shape index (κ1) is 10.7. The zero-order valence-corrected chi connectivity index (χ0v) is 11.4. The Balaban J connectivity index is 1.49. The van der Waals surface area contributed by atoms with Crippen LogP contribution in [0.1, 0.15) is 49.1 Å². The third kappa shape index (κ3) is 1.47. The standard InChI is InChI=1S/C17H22N2/c1-2-13(12-4-5-12)14-9-18-10-16(19-15(14)3-1)17-6-11(7-17)8-17/h1-3,11-12,16,18-19H,4-10H2. The Kier molecular flexibility index (Phi) is 2.00. The zero-order valence-electron chi connectivity index (χ0n) is 11.4. The minimum absolute atomic E-state index is 0.648. The fourth-order valence-corrected chi connectivity index (χ4v) is 4.64. The van der Waals surface area contributed by atoms with Gasteiger partial charge in [-0.05, 0) is 66.5 Å². The molecule has 0 aromatic heterocycles. The summed E-state index contributed by atoms with van der Waals surface area (Å²) in [5.74, 6) is 1.92. The largest absolute Gasteiger partial charge is 0.380 e. The molecule has 1 aliphatic heterocycles. The summed E-state index contributed by atoms with van der Waals surface area (Å²) in [5.41, 5.74) is 5.23. The van der Waals surface area contributed by atoms with E-state index in [-0.39, 0.29) is 0 Å². The number of fused-ring (bicyclic) bond motifs is 1. The van der Waals surface area contributed by atoms with E-state index in [0.29, 0.717) is 11.5 Å². The third-order valence-electron chi connectivity index (χ3n) is 6.03. The summed E-state index contributed by atoms with van der Waals surface area (Å²) < 4.78 is 0. The van der Waals surface area contributed by atoms with Gasteiger partial charge >= 0.3 is 0 Å². The maximum Gasteiger partial charge on any atom is 0.0442 e. The molecule has 2 nitrogen and oxygen atoms in total. The number of hydrogen-bond donors (Lipinski definition) is 2. The molecule has 1 atom stereocenters. The van der Waals surface area contributed by atoms with Crippen molar-refractivity contribution in [3.05, 3.63) is 29.3 Å². The molecule has 19 heavy (non-hydrogen) atoms. The first-order valence-corrected chi connectivity index (χ1v) is 7.93. The lowest BCUT2D eigenvalue weighted by Gasteiger charge is -2.65. The van der Waals surface area contributed by atoms with Crippen molar-refractivity contribution in [3.63, 3.8) is 0 Å². The third-order valence-corrected chi connectivity index (χ3v) is 6.03. The molecule has 4 fully saturated rings. The fraction of sp³-hybridized carbons (Fsp3) is 0.647. The molecule has 0 saturated heterocycles. The Morgan fingerprint density at radius 1 is 1.11 bits per heavy atom. The highest BCUT2D eigenvalue weighted by Gasteiger charge is 2.60. The van der Waals surface area contributed by atoms with Crippen molar-refractivity contribution in [2.75, 3.05) is 11.9 Å². The molecule has 1 unspecified atom stereocenters. The summed E-state index contributed by atoms with van der Waals surface area (Å²) in [5, 5.41) is 7.61. The molecule has 2 N–H and O–H groups in total. The predicted octanol–water partition coefficient (Wildman–Crippen LogP) is 3.25. The van der Waals surface area contributed by atoms with Crippen LogP contribution in [0.15, 0.2) is 18.2 Å². The maximum absolute atomic E-state index is 3.90. The second kappa shape index (κ2) is 3.54. The molecule has 4 aliphatic carbocycles. The second-order valence-corrected chi connectivity index (χ2v) is 7.32. The van der Waals surface area contributed by atoms with Crippen molar-refractivity contribution in [2.24, 2.45) is 11.3 Å². The van der Waals surface area contributed by atoms with Gasteiger partial charge in [0, 0.05) is 24.8 Å². The summed E-state index contributed by atoms with van der Waals surface area (Å²) in [6.45, 7) is 2.20. The lowest BCUT2D eigenvalue weighted by atomic mass is 9.42. The van der Waals surface area contributed by atoms with Crippen LogP contribution in [0.2, 0.25) is 0 Å². The number of benzene rings is 1. The van der Waals surface area contributed by atoms with Crippen LogP contribution in [-0.4, -0.2) is 12.6 Å². The molecule has 5 aliphatic rings. The van der Waals surface area contributed by atoms with Gasteiger partial charge in [-0.25, -0.2) is 0 Å². The van der Waals surface area contributed by atoms with Crippen LogP contribution < -0.4 is 10.6 Å². The second-order valence-electron chi connectivity index (χ2n) is 7.32.